The number of nitrogens with one attached hydrogen (secondary N) is 1. The number of hydrogen-bond acceptors (Lipinski definition) is 4. The quantitative estimate of drug-likeness (QED) is 0.737. The van der Waals surface area contributed by atoms with Crippen LogP contribution in [0.15, 0.2) is 24.3 Å². The fourth-order valence-corrected chi connectivity index (χ4v) is 2.34. The van der Waals surface area contributed by atoms with Crippen LogP contribution in [0.2, 0.25) is 0 Å². The third-order valence-electron chi connectivity index (χ3n) is 3.42. The van der Waals surface area contributed by atoms with Gasteiger partial charge in [0.05, 0.1) is 13.2 Å². The highest BCUT2D eigenvalue weighted by molar-refractivity contribution is 5.91. The summed E-state index contributed by atoms with van der Waals surface area (Å²) in [6, 6.07) is 7.54. The maximum absolute atomic E-state index is 11.7. The van der Waals surface area contributed by atoms with Crippen LogP contribution in [0.25, 0.3) is 0 Å². The van der Waals surface area contributed by atoms with Crippen molar-refractivity contribution < 1.29 is 19.1 Å². The molecule has 2 rings (SSSR count). The SMILES string of the molecule is COCCOCC(=O)Nc1cccc(CN2CCCC2=O)c1. The highest BCUT2D eigenvalue weighted by Gasteiger charge is 2.19. The molecule has 1 heterocycles. The summed E-state index contributed by atoms with van der Waals surface area (Å²) in [5.41, 5.74) is 1.72. The van der Waals surface area contributed by atoms with Gasteiger partial charge >= 0.3 is 0 Å². The minimum atomic E-state index is -0.203. The Balaban J connectivity index is 1.83. The van der Waals surface area contributed by atoms with Crippen molar-refractivity contribution in [3.63, 3.8) is 0 Å². The lowest BCUT2D eigenvalue weighted by Crippen LogP contribution is -2.24. The Hall–Kier alpha value is -1.92. The van der Waals surface area contributed by atoms with Gasteiger partial charge in [0.1, 0.15) is 6.61 Å². The number of benzene rings is 1. The lowest BCUT2D eigenvalue weighted by molar-refractivity contribution is -0.128. The number of carbonyl (C=O) groups is 2. The van der Waals surface area contributed by atoms with Crippen molar-refractivity contribution in [2.45, 2.75) is 19.4 Å². The molecule has 0 saturated carbocycles. The first-order valence-electron chi connectivity index (χ1n) is 7.42. The van der Waals surface area contributed by atoms with Crippen LogP contribution < -0.4 is 5.32 Å². The van der Waals surface area contributed by atoms with Gasteiger partial charge in [-0.25, -0.2) is 0 Å². The Bertz CT molecular complexity index is 519. The van der Waals surface area contributed by atoms with E-state index in [4.69, 9.17) is 9.47 Å². The summed E-state index contributed by atoms with van der Waals surface area (Å²) in [7, 11) is 1.58. The van der Waals surface area contributed by atoms with Crippen LogP contribution in [0, 0.1) is 0 Å². The number of amides is 2. The van der Waals surface area contributed by atoms with Crippen molar-refractivity contribution in [1.82, 2.24) is 4.90 Å². The van der Waals surface area contributed by atoms with Crippen molar-refractivity contribution in [2.24, 2.45) is 0 Å². The summed E-state index contributed by atoms with van der Waals surface area (Å²) in [4.78, 5) is 25.2. The molecule has 6 heteroatoms. The molecule has 1 fully saturated rings. The van der Waals surface area contributed by atoms with Crippen LogP contribution in [-0.4, -0.2) is 50.2 Å². The standard InChI is InChI=1S/C16H22N2O4/c1-21-8-9-22-12-15(19)17-14-5-2-4-13(10-14)11-18-7-3-6-16(18)20/h2,4-5,10H,3,6-9,11-12H2,1H3,(H,17,19). The summed E-state index contributed by atoms with van der Waals surface area (Å²) in [5, 5.41) is 2.79. The van der Waals surface area contributed by atoms with E-state index in [0.717, 1.165) is 18.5 Å². The van der Waals surface area contributed by atoms with Crippen LogP contribution >= 0.6 is 0 Å². The van der Waals surface area contributed by atoms with Gasteiger partial charge < -0.3 is 19.7 Å². The van der Waals surface area contributed by atoms with E-state index in [1.54, 1.807) is 7.11 Å². The van der Waals surface area contributed by atoms with E-state index in [1.807, 2.05) is 29.2 Å². The van der Waals surface area contributed by atoms with E-state index in [0.29, 0.717) is 31.9 Å². The minimum absolute atomic E-state index is 0.00179. The first kappa shape index (κ1) is 16.5. The van der Waals surface area contributed by atoms with Gasteiger partial charge in [0.2, 0.25) is 11.8 Å². The number of methoxy groups -OCH3 is 1. The van der Waals surface area contributed by atoms with E-state index in [1.165, 1.54) is 0 Å². The van der Waals surface area contributed by atoms with E-state index in [9.17, 15) is 9.59 Å². The summed E-state index contributed by atoms with van der Waals surface area (Å²) >= 11 is 0. The van der Waals surface area contributed by atoms with Crippen molar-refractivity contribution in [2.75, 3.05) is 38.8 Å². The molecule has 2 amide bonds. The zero-order valence-corrected chi connectivity index (χ0v) is 12.8. The highest BCUT2D eigenvalue weighted by atomic mass is 16.5. The molecule has 120 valence electrons. The maximum atomic E-state index is 11.7. The normalized spacial score (nSPS) is 14.4. The Morgan fingerprint density at radius 1 is 1.36 bits per heavy atom. The fourth-order valence-electron chi connectivity index (χ4n) is 2.34. The Kier molecular flexibility index (Phi) is 6.36. The largest absolute Gasteiger partial charge is 0.382 e. The molecule has 0 aromatic heterocycles. The summed E-state index contributed by atoms with van der Waals surface area (Å²) in [6.07, 6.45) is 1.56. The van der Waals surface area contributed by atoms with Crippen molar-refractivity contribution in [1.29, 1.82) is 0 Å². The molecular formula is C16H22N2O4. The predicted octanol–water partition coefficient (Wildman–Crippen LogP) is 1.41. The smallest absolute Gasteiger partial charge is 0.250 e. The van der Waals surface area contributed by atoms with Crippen LogP contribution in [0.3, 0.4) is 0 Å². The molecule has 1 aromatic carbocycles. The number of nitrogens with zero attached hydrogens (tertiary/aromatic N) is 1. The Labute approximate surface area is 130 Å². The second-order valence-electron chi connectivity index (χ2n) is 5.21. The van der Waals surface area contributed by atoms with Crippen molar-refractivity contribution in [3.8, 4) is 0 Å². The molecule has 0 bridgehead atoms. The molecule has 0 radical (unpaired) electrons. The number of rotatable bonds is 8. The minimum Gasteiger partial charge on any atom is -0.382 e. The Morgan fingerprint density at radius 3 is 2.95 bits per heavy atom. The molecular weight excluding hydrogens is 284 g/mol. The van der Waals surface area contributed by atoms with Crippen LogP contribution in [0.4, 0.5) is 5.69 Å². The maximum Gasteiger partial charge on any atom is 0.250 e. The second kappa shape index (κ2) is 8.51. The molecule has 0 atom stereocenters. The number of carbonyl (C=O) groups excluding carboxylic acids is 2. The summed E-state index contributed by atoms with van der Waals surface area (Å²) in [6.45, 7) is 2.25. The molecule has 1 N–H and O–H groups in total. The first-order chi connectivity index (χ1) is 10.7. The monoisotopic (exact) mass is 306 g/mol. The van der Waals surface area contributed by atoms with E-state index < -0.39 is 0 Å². The summed E-state index contributed by atoms with van der Waals surface area (Å²) < 4.78 is 10.0. The first-order valence-corrected chi connectivity index (χ1v) is 7.42. The lowest BCUT2D eigenvalue weighted by atomic mass is 10.2. The number of hydrogen-bond donors (Lipinski definition) is 1. The molecule has 22 heavy (non-hydrogen) atoms. The van der Waals surface area contributed by atoms with Crippen LogP contribution in [0.1, 0.15) is 18.4 Å². The molecule has 1 aliphatic rings. The molecule has 0 spiro atoms. The van der Waals surface area contributed by atoms with E-state index in [-0.39, 0.29) is 18.4 Å². The van der Waals surface area contributed by atoms with Gasteiger partial charge in [0.15, 0.2) is 0 Å². The molecule has 0 unspecified atom stereocenters. The predicted molar refractivity (Wildman–Crippen MR) is 82.4 cm³/mol. The molecule has 6 nitrogen and oxygen atoms in total. The molecule has 1 aliphatic heterocycles. The number of anilines is 1. The molecule has 0 aliphatic carbocycles. The second-order valence-corrected chi connectivity index (χ2v) is 5.21. The van der Waals surface area contributed by atoms with Crippen LogP contribution in [-0.2, 0) is 25.6 Å². The van der Waals surface area contributed by atoms with Crippen molar-refractivity contribution >= 4 is 17.5 Å². The van der Waals surface area contributed by atoms with Gasteiger partial charge in [-0.3, -0.25) is 9.59 Å². The van der Waals surface area contributed by atoms with Gasteiger partial charge in [-0.05, 0) is 24.1 Å². The topological polar surface area (TPSA) is 67.9 Å². The van der Waals surface area contributed by atoms with Crippen molar-refractivity contribution in [3.05, 3.63) is 29.8 Å². The zero-order chi connectivity index (χ0) is 15.8. The molecule has 1 saturated heterocycles. The van der Waals surface area contributed by atoms with Crippen LogP contribution in [0.5, 0.6) is 0 Å². The third-order valence-corrected chi connectivity index (χ3v) is 3.42. The zero-order valence-electron chi connectivity index (χ0n) is 12.8. The van der Waals surface area contributed by atoms with Gasteiger partial charge in [0, 0.05) is 32.3 Å². The number of ether oxygens (including phenoxy) is 2. The third kappa shape index (κ3) is 5.13. The van der Waals surface area contributed by atoms with Gasteiger partial charge in [-0.1, -0.05) is 12.1 Å². The van der Waals surface area contributed by atoms with E-state index in [2.05, 4.69) is 5.32 Å². The van der Waals surface area contributed by atoms with Gasteiger partial charge in [-0.15, -0.1) is 0 Å². The fraction of sp³-hybridized carbons (Fsp3) is 0.500. The molecule has 1 aromatic rings. The number of likely N-dealkylation sites (tertiary alicyclic amines) is 1. The lowest BCUT2D eigenvalue weighted by Gasteiger charge is -2.16. The van der Waals surface area contributed by atoms with Gasteiger partial charge in [-0.2, -0.15) is 0 Å². The van der Waals surface area contributed by atoms with Gasteiger partial charge in [0.25, 0.3) is 0 Å². The average molecular weight is 306 g/mol. The highest BCUT2D eigenvalue weighted by Crippen LogP contribution is 2.17. The Morgan fingerprint density at radius 2 is 2.23 bits per heavy atom. The summed E-state index contributed by atoms with van der Waals surface area (Å²) in [5.74, 6) is -0.00789. The van der Waals surface area contributed by atoms with E-state index >= 15 is 0 Å². The average Bonchev–Trinajstić information content (AvgIpc) is 2.89.